The van der Waals surface area contributed by atoms with E-state index in [1.165, 1.54) is 5.56 Å². The Bertz CT molecular complexity index is 759. The molecule has 0 heterocycles. The largest absolute Gasteiger partial charge is 0.495 e. The molecule has 2 rings (SSSR count). The van der Waals surface area contributed by atoms with Crippen LogP contribution >= 0.6 is 11.6 Å². The van der Waals surface area contributed by atoms with E-state index in [1.807, 2.05) is 39.0 Å². The molecule has 5 heteroatoms. The van der Waals surface area contributed by atoms with Gasteiger partial charge in [-0.25, -0.2) is 0 Å². The van der Waals surface area contributed by atoms with Crippen LogP contribution in [0.4, 0.5) is 5.69 Å². The number of benzene rings is 2. The van der Waals surface area contributed by atoms with Gasteiger partial charge < -0.3 is 14.8 Å². The lowest BCUT2D eigenvalue weighted by Gasteiger charge is -2.13. The summed E-state index contributed by atoms with van der Waals surface area (Å²) in [5, 5.41) is 3.48. The van der Waals surface area contributed by atoms with E-state index in [9.17, 15) is 4.79 Å². The molecule has 0 fully saturated rings. The summed E-state index contributed by atoms with van der Waals surface area (Å²) in [6.45, 7) is 6.45. The molecule has 0 saturated carbocycles. The quantitative estimate of drug-likeness (QED) is 0.700. The monoisotopic (exact) mass is 361 g/mol. The summed E-state index contributed by atoms with van der Waals surface area (Å²) in [5.41, 5.74) is 3.82. The second-order valence-electron chi connectivity index (χ2n) is 6.07. The van der Waals surface area contributed by atoms with Crippen molar-refractivity contribution < 1.29 is 14.3 Å². The molecule has 2 aromatic rings. The van der Waals surface area contributed by atoms with Crippen molar-refractivity contribution in [3.8, 4) is 11.5 Å². The lowest BCUT2D eigenvalue weighted by molar-refractivity contribution is -0.116. The third-order valence-electron chi connectivity index (χ3n) is 3.89. The molecule has 2 aromatic carbocycles. The van der Waals surface area contributed by atoms with Crippen LogP contribution in [0.3, 0.4) is 0 Å². The Morgan fingerprint density at radius 2 is 1.84 bits per heavy atom. The number of hydrogen-bond donors (Lipinski definition) is 1. The van der Waals surface area contributed by atoms with Gasteiger partial charge in [0.05, 0.1) is 19.4 Å². The third kappa shape index (κ3) is 5.40. The zero-order chi connectivity index (χ0) is 18.4. The van der Waals surface area contributed by atoms with Crippen LogP contribution in [0.5, 0.6) is 11.5 Å². The summed E-state index contributed by atoms with van der Waals surface area (Å²) in [7, 11) is 1.55. The van der Waals surface area contributed by atoms with Gasteiger partial charge in [-0.05, 0) is 50.5 Å². The number of amides is 1. The van der Waals surface area contributed by atoms with Crippen molar-refractivity contribution in [3.05, 3.63) is 52.0 Å². The van der Waals surface area contributed by atoms with Gasteiger partial charge in [-0.15, -0.1) is 0 Å². The first kappa shape index (κ1) is 19.1. The fourth-order valence-electron chi connectivity index (χ4n) is 2.52. The van der Waals surface area contributed by atoms with E-state index in [1.54, 1.807) is 13.2 Å². The van der Waals surface area contributed by atoms with Crippen molar-refractivity contribution in [2.24, 2.45) is 0 Å². The summed E-state index contributed by atoms with van der Waals surface area (Å²) < 4.78 is 11.0. The molecular formula is C20H24ClNO3. The molecule has 134 valence electrons. The molecule has 0 aliphatic heterocycles. The Balaban J connectivity index is 1.84. The third-order valence-corrected chi connectivity index (χ3v) is 4.30. The van der Waals surface area contributed by atoms with Gasteiger partial charge in [-0.1, -0.05) is 29.3 Å². The molecular weight excluding hydrogens is 338 g/mol. The first-order valence-corrected chi connectivity index (χ1v) is 8.62. The molecule has 4 nitrogen and oxygen atoms in total. The standard InChI is InChI=1S/C20H24ClNO3/c1-13-7-8-18(15(3)10-13)25-9-5-6-20(23)22-17-11-14(2)16(21)12-19(17)24-4/h7-8,10-12H,5-6,9H2,1-4H3,(H,22,23). The molecule has 0 saturated heterocycles. The molecule has 0 bridgehead atoms. The second-order valence-corrected chi connectivity index (χ2v) is 6.48. The maximum Gasteiger partial charge on any atom is 0.224 e. The van der Waals surface area contributed by atoms with E-state index >= 15 is 0 Å². The van der Waals surface area contributed by atoms with Crippen LogP contribution in [0.25, 0.3) is 0 Å². The average Bonchev–Trinajstić information content (AvgIpc) is 2.56. The molecule has 0 radical (unpaired) electrons. The predicted octanol–water partition coefficient (Wildman–Crippen LogP) is 5.07. The van der Waals surface area contributed by atoms with Gasteiger partial charge in [0.1, 0.15) is 11.5 Å². The Hall–Kier alpha value is -2.20. The molecule has 1 amide bonds. The number of hydrogen-bond acceptors (Lipinski definition) is 3. The van der Waals surface area contributed by atoms with Gasteiger partial charge in [0, 0.05) is 17.5 Å². The summed E-state index contributed by atoms with van der Waals surface area (Å²) in [6, 6.07) is 9.58. The molecule has 25 heavy (non-hydrogen) atoms. The highest BCUT2D eigenvalue weighted by Gasteiger charge is 2.10. The highest BCUT2D eigenvalue weighted by Crippen LogP contribution is 2.31. The Morgan fingerprint density at radius 3 is 2.52 bits per heavy atom. The average molecular weight is 362 g/mol. The minimum absolute atomic E-state index is 0.0794. The van der Waals surface area contributed by atoms with Crippen molar-refractivity contribution >= 4 is 23.2 Å². The number of anilines is 1. The van der Waals surface area contributed by atoms with Crippen LogP contribution in [0, 0.1) is 20.8 Å². The van der Waals surface area contributed by atoms with Crippen LogP contribution in [0.1, 0.15) is 29.5 Å². The maximum absolute atomic E-state index is 12.1. The molecule has 0 aliphatic carbocycles. The number of methoxy groups -OCH3 is 1. The Kier molecular flexibility index (Phi) is 6.71. The number of ether oxygens (including phenoxy) is 2. The SMILES string of the molecule is COc1cc(Cl)c(C)cc1NC(=O)CCCOc1ccc(C)cc1C. The van der Waals surface area contributed by atoms with Crippen LogP contribution < -0.4 is 14.8 Å². The van der Waals surface area contributed by atoms with E-state index in [2.05, 4.69) is 11.4 Å². The van der Waals surface area contributed by atoms with Gasteiger partial charge in [0.15, 0.2) is 0 Å². The maximum atomic E-state index is 12.1. The van der Waals surface area contributed by atoms with Crippen LogP contribution in [0.15, 0.2) is 30.3 Å². The number of carbonyl (C=O) groups is 1. The number of nitrogens with one attached hydrogen (secondary N) is 1. The van der Waals surface area contributed by atoms with Crippen LogP contribution in [-0.2, 0) is 4.79 Å². The molecule has 1 N–H and O–H groups in total. The fraction of sp³-hybridized carbons (Fsp3) is 0.350. The minimum atomic E-state index is -0.0794. The zero-order valence-electron chi connectivity index (χ0n) is 15.1. The van der Waals surface area contributed by atoms with E-state index in [-0.39, 0.29) is 5.91 Å². The predicted molar refractivity (Wildman–Crippen MR) is 102 cm³/mol. The number of halogens is 1. The van der Waals surface area contributed by atoms with Crippen LogP contribution in [0.2, 0.25) is 5.02 Å². The normalized spacial score (nSPS) is 10.4. The van der Waals surface area contributed by atoms with Gasteiger partial charge in [-0.3, -0.25) is 4.79 Å². The topological polar surface area (TPSA) is 47.6 Å². The minimum Gasteiger partial charge on any atom is -0.495 e. The number of carbonyl (C=O) groups excluding carboxylic acids is 1. The van der Waals surface area contributed by atoms with Gasteiger partial charge >= 0.3 is 0 Å². The van der Waals surface area contributed by atoms with Gasteiger partial charge in [-0.2, -0.15) is 0 Å². The van der Waals surface area contributed by atoms with Gasteiger partial charge in [0.25, 0.3) is 0 Å². The van der Waals surface area contributed by atoms with Crippen LogP contribution in [-0.4, -0.2) is 19.6 Å². The summed E-state index contributed by atoms with van der Waals surface area (Å²) in [6.07, 6.45) is 1.00. The molecule has 0 spiro atoms. The van der Waals surface area contributed by atoms with Gasteiger partial charge in [0.2, 0.25) is 5.91 Å². The van der Waals surface area contributed by atoms with E-state index in [4.69, 9.17) is 21.1 Å². The van der Waals surface area contributed by atoms with Crippen molar-refractivity contribution in [2.45, 2.75) is 33.6 Å². The fourth-order valence-corrected chi connectivity index (χ4v) is 2.67. The van der Waals surface area contributed by atoms with E-state index < -0.39 is 0 Å². The first-order valence-electron chi connectivity index (χ1n) is 8.24. The molecule has 0 atom stereocenters. The molecule has 0 unspecified atom stereocenters. The smallest absolute Gasteiger partial charge is 0.224 e. The number of rotatable bonds is 7. The summed E-state index contributed by atoms with van der Waals surface area (Å²) in [5.74, 6) is 1.33. The van der Waals surface area contributed by atoms with Crippen molar-refractivity contribution in [1.29, 1.82) is 0 Å². The van der Waals surface area contributed by atoms with E-state index in [0.717, 1.165) is 16.9 Å². The highest BCUT2D eigenvalue weighted by atomic mass is 35.5. The second kappa shape index (κ2) is 8.77. The first-order chi connectivity index (χ1) is 11.9. The Morgan fingerprint density at radius 1 is 1.08 bits per heavy atom. The lowest BCUT2D eigenvalue weighted by atomic mass is 10.1. The highest BCUT2D eigenvalue weighted by molar-refractivity contribution is 6.31. The summed E-state index contributed by atoms with van der Waals surface area (Å²) in [4.78, 5) is 12.1. The van der Waals surface area contributed by atoms with Crippen molar-refractivity contribution in [1.82, 2.24) is 0 Å². The summed E-state index contributed by atoms with van der Waals surface area (Å²) >= 11 is 6.07. The molecule has 0 aliphatic rings. The molecule has 0 aromatic heterocycles. The Labute approximate surface area is 154 Å². The number of aryl methyl sites for hydroxylation is 3. The van der Waals surface area contributed by atoms with Crippen molar-refractivity contribution in [3.63, 3.8) is 0 Å². The van der Waals surface area contributed by atoms with Crippen molar-refractivity contribution in [2.75, 3.05) is 19.0 Å². The zero-order valence-corrected chi connectivity index (χ0v) is 15.9. The van der Waals surface area contributed by atoms with E-state index in [0.29, 0.717) is 35.9 Å². The lowest BCUT2D eigenvalue weighted by Crippen LogP contribution is -2.13.